The number of pyridine rings is 2. The molecule has 1 aliphatic rings. The van der Waals surface area contributed by atoms with Gasteiger partial charge in [-0.25, -0.2) is 0 Å². The fourth-order valence-electron chi connectivity index (χ4n) is 2.64. The van der Waals surface area contributed by atoms with Gasteiger partial charge >= 0.3 is 0 Å². The third-order valence-corrected chi connectivity index (χ3v) is 3.62. The number of hydrogen-bond donors (Lipinski definition) is 0. The van der Waals surface area contributed by atoms with Crippen molar-refractivity contribution < 1.29 is 4.79 Å². The molecule has 0 radical (unpaired) electrons. The number of rotatable bonds is 1. The number of aromatic nitrogens is 2. The van der Waals surface area contributed by atoms with E-state index in [1.165, 1.54) is 0 Å². The minimum atomic E-state index is -0.0201. The highest BCUT2D eigenvalue weighted by Crippen LogP contribution is 2.37. The molecule has 1 unspecified atom stereocenters. The molecule has 0 bridgehead atoms. The van der Waals surface area contributed by atoms with Crippen molar-refractivity contribution in [2.45, 2.75) is 19.3 Å². The molecule has 2 aromatic rings. The van der Waals surface area contributed by atoms with E-state index in [2.05, 4.69) is 16.9 Å². The van der Waals surface area contributed by atoms with Crippen molar-refractivity contribution >= 4 is 11.6 Å². The zero-order valence-electron chi connectivity index (χ0n) is 11.0. The average Bonchev–Trinajstić information content (AvgIpc) is 2.55. The molecule has 0 N–H and O–H groups in total. The first-order valence-corrected chi connectivity index (χ1v) is 6.42. The molecule has 0 spiro atoms. The molecule has 0 aliphatic carbocycles. The lowest BCUT2D eigenvalue weighted by Gasteiger charge is -2.18. The first-order chi connectivity index (χ1) is 9.24. The van der Waals surface area contributed by atoms with Crippen molar-refractivity contribution in [3.05, 3.63) is 53.6 Å². The van der Waals surface area contributed by atoms with Crippen molar-refractivity contribution in [3.8, 4) is 0 Å². The van der Waals surface area contributed by atoms with Crippen LogP contribution in [0.5, 0.6) is 0 Å². The normalized spacial score (nSPS) is 17.7. The predicted octanol–water partition coefficient (Wildman–Crippen LogP) is 2.61. The zero-order valence-corrected chi connectivity index (χ0v) is 11.0. The smallest absolute Gasteiger partial charge is 0.259 e. The molecular formula is C15H15N3O. The van der Waals surface area contributed by atoms with Crippen molar-refractivity contribution in [3.63, 3.8) is 0 Å². The van der Waals surface area contributed by atoms with Gasteiger partial charge in [-0.2, -0.15) is 0 Å². The van der Waals surface area contributed by atoms with Crippen molar-refractivity contribution in [1.82, 2.24) is 9.97 Å². The Bertz CT molecular complexity index is 639. The molecule has 0 aromatic carbocycles. The van der Waals surface area contributed by atoms with Gasteiger partial charge in [-0.3, -0.25) is 14.8 Å². The zero-order chi connectivity index (χ0) is 13.4. The third kappa shape index (κ3) is 1.71. The number of carbonyl (C=O) groups excluding carboxylic acids is 1. The lowest BCUT2D eigenvalue weighted by molar-refractivity contribution is 0.0992. The highest BCUT2D eigenvalue weighted by atomic mass is 16.2. The van der Waals surface area contributed by atoms with Crippen molar-refractivity contribution in [1.29, 1.82) is 0 Å². The van der Waals surface area contributed by atoms with E-state index < -0.39 is 0 Å². The molecule has 0 fully saturated rings. The van der Waals surface area contributed by atoms with Gasteiger partial charge in [0.15, 0.2) is 0 Å². The second-order valence-electron chi connectivity index (χ2n) is 4.67. The van der Waals surface area contributed by atoms with Crippen molar-refractivity contribution in [2.24, 2.45) is 0 Å². The molecule has 96 valence electrons. The first-order valence-electron chi connectivity index (χ1n) is 6.42. The van der Waals surface area contributed by atoms with Crippen LogP contribution in [0.1, 0.15) is 41.0 Å². The van der Waals surface area contributed by atoms with Crippen LogP contribution in [0.15, 0.2) is 36.7 Å². The molecule has 2 aromatic heterocycles. The summed E-state index contributed by atoms with van der Waals surface area (Å²) in [7, 11) is 1.79. The van der Waals surface area contributed by atoms with Gasteiger partial charge in [0, 0.05) is 25.4 Å². The van der Waals surface area contributed by atoms with Gasteiger partial charge in [-0.15, -0.1) is 0 Å². The van der Waals surface area contributed by atoms with Crippen LogP contribution in [0.25, 0.3) is 0 Å². The molecular weight excluding hydrogens is 238 g/mol. The minimum Gasteiger partial charge on any atom is -0.310 e. The fourth-order valence-corrected chi connectivity index (χ4v) is 2.64. The Morgan fingerprint density at radius 2 is 1.84 bits per heavy atom. The van der Waals surface area contributed by atoms with E-state index in [9.17, 15) is 4.79 Å². The summed E-state index contributed by atoms with van der Waals surface area (Å²) in [5.74, 6) is 0.0506. The Morgan fingerprint density at radius 3 is 2.58 bits per heavy atom. The highest BCUT2D eigenvalue weighted by molar-refractivity contribution is 6.07. The number of amides is 1. The number of nitrogens with zero attached hydrogens (tertiary/aromatic N) is 3. The fraction of sp³-hybridized carbons (Fsp3) is 0.267. The summed E-state index contributed by atoms with van der Waals surface area (Å²) in [6.07, 6.45) is 4.38. The van der Waals surface area contributed by atoms with Gasteiger partial charge in [0.2, 0.25) is 0 Å². The second kappa shape index (κ2) is 4.46. The lowest BCUT2D eigenvalue weighted by Crippen LogP contribution is -2.26. The Hall–Kier alpha value is -2.23. The van der Waals surface area contributed by atoms with E-state index in [-0.39, 0.29) is 11.8 Å². The Morgan fingerprint density at radius 1 is 1.16 bits per heavy atom. The van der Waals surface area contributed by atoms with E-state index in [1.54, 1.807) is 30.4 Å². The van der Waals surface area contributed by atoms with E-state index >= 15 is 0 Å². The van der Waals surface area contributed by atoms with Gasteiger partial charge in [-0.1, -0.05) is 6.92 Å². The van der Waals surface area contributed by atoms with E-state index in [4.69, 9.17) is 0 Å². The summed E-state index contributed by atoms with van der Waals surface area (Å²) in [5.41, 5.74) is 3.31. The quantitative estimate of drug-likeness (QED) is 0.784. The summed E-state index contributed by atoms with van der Waals surface area (Å²) in [6.45, 7) is 2.09. The highest BCUT2D eigenvalue weighted by Gasteiger charge is 2.31. The summed E-state index contributed by atoms with van der Waals surface area (Å²) in [6, 6.07) is 7.45. The van der Waals surface area contributed by atoms with Gasteiger partial charge in [0.25, 0.3) is 5.91 Å². The molecule has 1 atom stereocenters. The van der Waals surface area contributed by atoms with Gasteiger partial charge in [0.1, 0.15) is 0 Å². The first kappa shape index (κ1) is 11.8. The largest absolute Gasteiger partial charge is 0.310 e. The summed E-state index contributed by atoms with van der Waals surface area (Å²) >= 11 is 0. The summed E-state index contributed by atoms with van der Waals surface area (Å²) in [4.78, 5) is 23.1. The third-order valence-electron chi connectivity index (χ3n) is 3.62. The van der Waals surface area contributed by atoms with Crippen LogP contribution in [-0.2, 0) is 0 Å². The monoisotopic (exact) mass is 253 g/mol. The van der Waals surface area contributed by atoms with E-state index in [1.807, 2.05) is 18.2 Å². The number of carbonyl (C=O) groups is 1. The molecule has 1 amide bonds. The van der Waals surface area contributed by atoms with Gasteiger partial charge in [0.05, 0.1) is 22.6 Å². The summed E-state index contributed by atoms with van der Waals surface area (Å²) in [5, 5.41) is 0. The molecule has 19 heavy (non-hydrogen) atoms. The predicted molar refractivity (Wildman–Crippen MR) is 73.3 cm³/mol. The maximum Gasteiger partial charge on any atom is 0.259 e. The Labute approximate surface area is 112 Å². The molecule has 4 heteroatoms. The maximum absolute atomic E-state index is 12.5. The van der Waals surface area contributed by atoms with Crippen molar-refractivity contribution in [2.75, 3.05) is 11.9 Å². The number of anilines is 1. The molecule has 4 nitrogen and oxygen atoms in total. The lowest BCUT2D eigenvalue weighted by atomic mass is 9.94. The van der Waals surface area contributed by atoms with Gasteiger partial charge < -0.3 is 4.90 Å². The second-order valence-corrected chi connectivity index (χ2v) is 4.67. The number of hydrogen-bond acceptors (Lipinski definition) is 3. The Balaban J connectivity index is 2.31. The maximum atomic E-state index is 12.5. The van der Waals surface area contributed by atoms with E-state index in [0.29, 0.717) is 5.56 Å². The summed E-state index contributed by atoms with van der Waals surface area (Å²) < 4.78 is 0. The van der Waals surface area contributed by atoms with Crippen LogP contribution in [0.2, 0.25) is 0 Å². The molecule has 0 saturated carbocycles. The van der Waals surface area contributed by atoms with Crippen LogP contribution < -0.4 is 4.90 Å². The molecule has 1 aliphatic heterocycles. The minimum absolute atomic E-state index is 0.0201. The average molecular weight is 253 g/mol. The Kier molecular flexibility index (Phi) is 2.78. The molecule has 0 saturated heterocycles. The van der Waals surface area contributed by atoms with Gasteiger partial charge in [-0.05, 0) is 30.7 Å². The van der Waals surface area contributed by atoms with Crippen LogP contribution in [0.3, 0.4) is 0 Å². The number of fused-ring (bicyclic) bond motifs is 2. The standard InChI is InChI=1S/C15H15N3O/c1-3-10-13-11(6-4-8-16-13)15(19)18(2)12-7-5-9-17-14(10)12/h4-10H,3H2,1-2H3. The molecule has 3 heterocycles. The molecule has 3 rings (SSSR count). The topological polar surface area (TPSA) is 46.1 Å². The van der Waals surface area contributed by atoms with Crippen LogP contribution in [0.4, 0.5) is 5.69 Å². The van der Waals surface area contributed by atoms with Crippen LogP contribution in [0, 0.1) is 0 Å². The SMILES string of the molecule is CCC1c2ncccc2C(=O)N(C)c2cccnc21. The van der Waals surface area contributed by atoms with Crippen LogP contribution >= 0.6 is 0 Å². The van der Waals surface area contributed by atoms with Crippen LogP contribution in [-0.4, -0.2) is 22.9 Å². The van der Waals surface area contributed by atoms with E-state index in [0.717, 1.165) is 23.5 Å².